The van der Waals surface area contributed by atoms with Gasteiger partial charge in [0.2, 0.25) is 11.9 Å². The minimum absolute atomic E-state index is 0.0398. The molecule has 0 unspecified atom stereocenters. The fourth-order valence-electron chi connectivity index (χ4n) is 1.04. The van der Waals surface area contributed by atoms with Crippen LogP contribution in [0.2, 0.25) is 0 Å². The van der Waals surface area contributed by atoms with Crippen LogP contribution in [0.5, 0.6) is 0 Å². The van der Waals surface area contributed by atoms with Crippen molar-refractivity contribution in [3.63, 3.8) is 0 Å². The maximum atomic E-state index is 8.82. The van der Waals surface area contributed by atoms with Gasteiger partial charge in [-0.3, -0.25) is 0 Å². The molecule has 1 heterocycles. The highest BCUT2D eigenvalue weighted by molar-refractivity contribution is 5.33. The van der Waals surface area contributed by atoms with E-state index >= 15 is 0 Å². The maximum Gasteiger partial charge on any atom is 0.246 e. The number of nitrogens with zero attached hydrogens (tertiary/aromatic N) is 3. The van der Waals surface area contributed by atoms with Crippen molar-refractivity contribution in [3.05, 3.63) is 0 Å². The average Bonchev–Trinajstić information content (AvgIpc) is 2.59. The van der Waals surface area contributed by atoms with Crippen LogP contribution in [0.3, 0.4) is 0 Å². The number of aliphatic hydroxyl groups is 1. The number of aromatic amines is 1. The van der Waals surface area contributed by atoms with Crippen LogP contribution < -0.4 is 10.6 Å². The molecule has 0 saturated heterocycles. The molecule has 0 radical (unpaired) electrons. The van der Waals surface area contributed by atoms with E-state index in [1.165, 1.54) is 0 Å². The first-order valence-electron chi connectivity index (χ1n) is 4.30. The summed E-state index contributed by atoms with van der Waals surface area (Å²) in [5.41, 5.74) is 5.39. The van der Waals surface area contributed by atoms with Crippen molar-refractivity contribution in [3.8, 4) is 0 Å². The van der Waals surface area contributed by atoms with Crippen LogP contribution >= 0.6 is 0 Å². The molecule has 0 aliphatic carbocycles. The summed E-state index contributed by atoms with van der Waals surface area (Å²) >= 11 is 0. The summed E-state index contributed by atoms with van der Waals surface area (Å²) < 4.78 is 4.93. The molecule has 0 bridgehead atoms. The molecular weight excluding hydrogens is 186 g/mol. The Labute approximate surface area is 81.9 Å². The SMILES string of the molecule is COCCN(CCO)c1n[nH]c(N)n1. The van der Waals surface area contributed by atoms with Crippen molar-refractivity contribution in [2.45, 2.75) is 0 Å². The number of hydrogen-bond donors (Lipinski definition) is 3. The zero-order chi connectivity index (χ0) is 10.4. The minimum Gasteiger partial charge on any atom is -0.395 e. The van der Waals surface area contributed by atoms with Gasteiger partial charge in [-0.05, 0) is 0 Å². The van der Waals surface area contributed by atoms with Crippen molar-refractivity contribution in [2.24, 2.45) is 0 Å². The van der Waals surface area contributed by atoms with Crippen LogP contribution in [0.1, 0.15) is 0 Å². The van der Waals surface area contributed by atoms with Crippen molar-refractivity contribution in [2.75, 3.05) is 44.0 Å². The van der Waals surface area contributed by atoms with Gasteiger partial charge in [-0.2, -0.15) is 4.98 Å². The van der Waals surface area contributed by atoms with Crippen LogP contribution in [0.25, 0.3) is 0 Å². The quantitative estimate of drug-likeness (QED) is 0.536. The lowest BCUT2D eigenvalue weighted by Gasteiger charge is -2.18. The summed E-state index contributed by atoms with van der Waals surface area (Å²) in [5.74, 6) is 0.744. The lowest BCUT2D eigenvalue weighted by molar-refractivity contribution is 0.202. The molecule has 0 aliphatic rings. The van der Waals surface area contributed by atoms with E-state index in [-0.39, 0.29) is 12.6 Å². The van der Waals surface area contributed by atoms with Crippen molar-refractivity contribution < 1.29 is 9.84 Å². The van der Waals surface area contributed by atoms with Crippen molar-refractivity contribution >= 4 is 11.9 Å². The Bertz CT molecular complexity index is 264. The monoisotopic (exact) mass is 201 g/mol. The molecule has 0 amide bonds. The zero-order valence-electron chi connectivity index (χ0n) is 8.10. The maximum absolute atomic E-state index is 8.82. The Morgan fingerprint density at radius 2 is 2.36 bits per heavy atom. The summed E-state index contributed by atoms with van der Waals surface area (Å²) in [6, 6.07) is 0. The number of rotatable bonds is 6. The van der Waals surface area contributed by atoms with Crippen molar-refractivity contribution in [1.82, 2.24) is 15.2 Å². The van der Waals surface area contributed by atoms with Crippen LogP contribution in [0, 0.1) is 0 Å². The fraction of sp³-hybridized carbons (Fsp3) is 0.714. The van der Waals surface area contributed by atoms with Gasteiger partial charge in [-0.15, -0.1) is 5.10 Å². The number of aliphatic hydroxyl groups excluding tert-OH is 1. The minimum atomic E-state index is 0.0398. The van der Waals surface area contributed by atoms with Crippen molar-refractivity contribution in [1.29, 1.82) is 0 Å². The summed E-state index contributed by atoms with van der Waals surface area (Å²) in [6.45, 7) is 1.67. The predicted octanol–water partition coefficient (Wildman–Crippen LogP) is -1.17. The van der Waals surface area contributed by atoms with E-state index in [1.807, 2.05) is 0 Å². The third kappa shape index (κ3) is 2.86. The molecule has 80 valence electrons. The molecule has 1 aromatic rings. The number of aromatic nitrogens is 3. The predicted molar refractivity (Wildman–Crippen MR) is 52.0 cm³/mol. The van der Waals surface area contributed by atoms with Crippen LogP contribution in [0.15, 0.2) is 0 Å². The second-order valence-corrected chi connectivity index (χ2v) is 2.72. The second kappa shape index (κ2) is 5.40. The number of nitrogens with two attached hydrogens (primary N) is 1. The van der Waals surface area contributed by atoms with E-state index in [0.29, 0.717) is 25.6 Å². The number of ether oxygens (including phenoxy) is 1. The van der Waals surface area contributed by atoms with E-state index in [9.17, 15) is 0 Å². The third-order valence-electron chi connectivity index (χ3n) is 1.71. The summed E-state index contributed by atoms with van der Waals surface area (Å²) in [6.07, 6.45) is 0. The lowest BCUT2D eigenvalue weighted by atomic mass is 10.5. The van der Waals surface area contributed by atoms with E-state index in [4.69, 9.17) is 15.6 Å². The number of methoxy groups -OCH3 is 1. The zero-order valence-corrected chi connectivity index (χ0v) is 8.10. The highest BCUT2D eigenvalue weighted by Crippen LogP contribution is 2.06. The van der Waals surface area contributed by atoms with E-state index in [1.54, 1.807) is 12.0 Å². The van der Waals surface area contributed by atoms with E-state index in [2.05, 4.69) is 15.2 Å². The smallest absolute Gasteiger partial charge is 0.246 e. The molecule has 0 fully saturated rings. The average molecular weight is 201 g/mol. The van der Waals surface area contributed by atoms with Crippen LogP contribution in [0.4, 0.5) is 11.9 Å². The molecule has 7 heteroatoms. The molecule has 0 aliphatic heterocycles. The number of anilines is 2. The van der Waals surface area contributed by atoms with Gasteiger partial charge in [0.1, 0.15) is 0 Å². The lowest BCUT2D eigenvalue weighted by Crippen LogP contribution is -2.31. The standard InChI is InChI=1S/C7H15N5O2/c1-14-5-3-12(2-4-13)7-9-6(8)10-11-7/h13H,2-5H2,1H3,(H3,8,9,10,11). The van der Waals surface area contributed by atoms with Gasteiger partial charge in [0, 0.05) is 20.2 Å². The molecule has 7 nitrogen and oxygen atoms in total. The Balaban J connectivity index is 2.57. The number of hydrogen-bond acceptors (Lipinski definition) is 6. The van der Waals surface area contributed by atoms with Crippen LogP contribution in [-0.4, -0.2) is 53.7 Å². The number of nitrogens with one attached hydrogen (secondary N) is 1. The van der Waals surface area contributed by atoms with E-state index < -0.39 is 0 Å². The first-order chi connectivity index (χ1) is 6.77. The third-order valence-corrected chi connectivity index (χ3v) is 1.71. The van der Waals surface area contributed by atoms with E-state index in [0.717, 1.165) is 0 Å². The van der Waals surface area contributed by atoms with Gasteiger partial charge >= 0.3 is 0 Å². The number of nitrogen functional groups attached to an aromatic ring is 1. The number of H-pyrrole nitrogens is 1. The van der Waals surface area contributed by atoms with Gasteiger partial charge in [-0.25, -0.2) is 5.10 Å². The van der Waals surface area contributed by atoms with Gasteiger partial charge in [0.15, 0.2) is 0 Å². The molecule has 4 N–H and O–H groups in total. The second-order valence-electron chi connectivity index (χ2n) is 2.72. The molecule has 0 spiro atoms. The Morgan fingerprint density at radius 1 is 1.57 bits per heavy atom. The van der Waals surface area contributed by atoms with Crippen LogP contribution in [-0.2, 0) is 4.74 Å². The molecule has 0 saturated carbocycles. The Morgan fingerprint density at radius 3 is 2.86 bits per heavy atom. The molecule has 1 aromatic heterocycles. The molecular formula is C7H15N5O2. The highest BCUT2D eigenvalue weighted by atomic mass is 16.5. The van der Waals surface area contributed by atoms with Gasteiger partial charge < -0.3 is 20.5 Å². The Hall–Kier alpha value is -1.34. The molecule has 14 heavy (non-hydrogen) atoms. The van der Waals surface area contributed by atoms with Gasteiger partial charge in [0.25, 0.3) is 0 Å². The highest BCUT2D eigenvalue weighted by Gasteiger charge is 2.10. The largest absolute Gasteiger partial charge is 0.395 e. The van der Waals surface area contributed by atoms with Gasteiger partial charge in [-0.1, -0.05) is 0 Å². The normalized spacial score (nSPS) is 10.4. The molecule has 0 atom stereocenters. The molecule has 1 rings (SSSR count). The first-order valence-corrected chi connectivity index (χ1v) is 4.30. The molecule has 0 aromatic carbocycles. The Kier molecular flexibility index (Phi) is 4.14. The fourth-order valence-corrected chi connectivity index (χ4v) is 1.04. The summed E-state index contributed by atoms with van der Waals surface area (Å²) in [5, 5.41) is 15.2. The summed E-state index contributed by atoms with van der Waals surface area (Å²) in [4.78, 5) is 5.74. The first kappa shape index (κ1) is 10.7. The topological polar surface area (TPSA) is 100 Å². The van der Waals surface area contributed by atoms with Gasteiger partial charge in [0.05, 0.1) is 13.2 Å². The summed E-state index contributed by atoms with van der Waals surface area (Å²) in [7, 11) is 1.61.